The Morgan fingerprint density at radius 1 is 0.436 bits per heavy atom. The fraction of sp³-hybridized carbons (Fsp3) is 0. The smallest absolute Gasteiger partial charge is 0.136 e. The van der Waals surface area contributed by atoms with E-state index in [-0.39, 0.29) is 0 Å². The van der Waals surface area contributed by atoms with Gasteiger partial charge < -0.3 is 4.42 Å². The van der Waals surface area contributed by atoms with E-state index in [0.29, 0.717) is 0 Å². The summed E-state index contributed by atoms with van der Waals surface area (Å²) in [6.07, 6.45) is 3.66. The fourth-order valence-corrected chi connectivity index (χ4v) is 5.72. The van der Waals surface area contributed by atoms with E-state index in [9.17, 15) is 0 Å². The van der Waals surface area contributed by atoms with Gasteiger partial charge in [-0.25, -0.2) is 0 Å². The van der Waals surface area contributed by atoms with Crippen LogP contribution in [-0.4, -0.2) is 9.97 Å². The van der Waals surface area contributed by atoms with Gasteiger partial charge in [0.25, 0.3) is 0 Å². The van der Waals surface area contributed by atoms with Crippen LogP contribution in [0.4, 0.5) is 0 Å². The SMILES string of the molecule is c1ccc(-c2ccc(-c3ccc4oc5cccc(-c6cc7cccnc7c7ncccc67)c5c4c3)cc2)cc1. The standard InChI is InChI=1S/C36H22N2O/c1-2-7-23(8-3-1)24-13-15-25(16-14-24)26-17-18-32-31(21-26)34-28(10-4-12-33(34)39-32)30-22-27-9-5-19-37-35(27)36-29(30)11-6-20-38-36/h1-22H. The first-order valence-corrected chi connectivity index (χ1v) is 13.1. The molecule has 0 unspecified atom stereocenters. The van der Waals surface area contributed by atoms with Crippen molar-refractivity contribution in [1.29, 1.82) is 0 Å². The minimum Gasteiger partial charge on any atom is -0.456 e. The molecule has 0 saturated heterocycles. The Morgan fingerprint density at radius 3 is 2.00 bits per heavy atom. The van der Waals surface area contributed by atoms with Crippen LogP contribution in [0.25, 0.3) is 77.1 Å². The van der Waals surface area contributed by atoms with Gasteiger partial charge in [-0.1, -0.05) is 84.9 Å². The van der Waals surface area contributed by atoms with Gasteiger partial charge in [0, 0.05) is 33.9 Å². The second-order valence-electron chi connectivity index (χ2n) is 9.83. The van der Waals surface area contributed by atoms with Crippen LogP contribution < -0.4 is 0 Å². The van der Waals surface area contributed by atoms with Gasteiger partial charge in [-0.05, 0) is 69.8 Å². The van der Waals surface area contributed by atoms with E-state index in [1.165, 1.54) is 16.7 Å². The molecule has 39 heavy (non-hydrogen) atoms. The summed E-state index contributed by atoms with van der Waals surface area (Å²) < 4.78 is 6.35. The predicted octanol–water partition coefficient (Wildman–Crippen LogP) is 9.68. The molecule has 0 fully saturated rings. The van der Waals surface area contributed by atoms with Crippen LogP contribution in [-0.2, 0) is 0 Å². The highest BCUT2D eigenvalue weighted by molar-refractivity contribution is 6.18. The lowest BCUT2D eigenvalue weighted by atomic mass is 9.93. The third-order valence-corrected chi connectivity index (χ3v) is 7.57. The second kappa shape index (κ2) is 8.64. The third kappa shape index (κ3) is 3.52. The van der Waals surface area contributed by atoms with Gasteiger partial charge in [0.2, 0.25) is 0 Å². The van der Waals surface area contributed by atoms with Gasteiger partial charge in [0.1, 0.15) is 11.2 Å². The van der Waals surface area contributed by atoms with E-state index >= 15 is 0 Å². The van der Waals surface area contributed by atoms with E-state index in [0.717, 1.165) is 60.4 Å². The van der Waals surface area contributed by atoms with Crippen molar-refractivity contribution >= 4 is 43.7 Å². The molecule has 0 radical (unpaired) electrons. The summed E-state index contributed by atoms with van der Waals surface area (Å²) >= 11 is 0. The molecule has 182 valence electrons. The molecule has 3 heterocycles. The number of nitrogens with zero attached hydrogens (tertiary/aromatic N) is 2. The normalized spacial score (nSPS) is 11.6. The molecular formula is C36H22N2O. The van der Waals surface area contributed by atoms with Crippen molar-refractivity contribution in [3.63, 3.8) is 0 Å². The molecule has 0 atom stereocenters. The lowest BCUT2D eigenvalue weighted by Gasteiger charge is -2.11. The third-order valence-electron chi connectivity index (χ3n) is 7.57. The summed E-state index contributed by atoms with van der Waals surface area (Å²) in [5, 5.41) is 4.37. The van der Waals surface area contributed by atoms with Gasteiger partial charge in [-0.15, -0.1) is 0 Å². The molecule has 0 N–H and O–H groups in total. The van der Waals surface area contributed by atoms with Crippen LogP contribution >= 0.6 is 0 Å². The Labute approximate surface area is 225 Å². The number of hydrogen-bond donors (Lipinski definition) is 0. The second-order valence-corrected chi connectivity index (χ2v) is 9.83. The van der Waals surface area contributed by atoms with Crippen molar-refractivity contribution in [2.45, 2.75) is 0 Å². The molecule has 0 amide bonds. The van der Waals surface area contributed by atoms with Crippen molar-refractivity contribution in [3.05, 3.63) is 134 Å². The quantitative estimate of drug-likeness (QED) is 0.228. The Kier molecular flexibility index (Phi) is 4.82. The summed E-state index contributed by atoms with van der Waals surface area (Å²) in [7, 11) is 0. The fourth-order valence-electron chi connectivity index (χ4n) is 5.72. The molecule has 0 aliphatic carbocycles. The summed E-state index contributed by atoms with van der Waals surface area (Å²) in [5.41, 5.74) is 10.6. The van der Waals surface area contributed by atoms with E-state index in [1.807, 2.05) is 30.6 Å². The summed E-state index contributed by atoms with van der Waals surface area (Å²) in [5.74, 6) is 0. The van der Waals surface area contributed by atoms with Crippen LogP contribution in [0.2, 0.25) is 0 Å². The number of fused-ring (bicyclic) bond motifs is 6. The number of aromatic nitrogens is 2. The number of rotatable bonds is 3. The van der Waals surface area contributed by atoms with Gasteiger partial charge in [-0.3, -0.25) is 9.97 Å². The van der Waals surface area contributed by atoms with Gasteiger partial charge in [0.05, 0.1) is 11.0 Å². The van der Waals surface area contributed by atoms with E-state index in [2.05, 4.69) is 108 Å². The number of pyridine rings is 2. The molecule has 5 aromatic carbocycles. The van der Waals surface area contributed by atoms with Crippen molar-refractivity contribution in [1.82, 2.24) is 9.97 Å². The molecule has 8 aromatic rings. The van der Waals surface area contributed by atoms with E-state index in [1.54, 1.807) is 0 Å². The zero-order chi connectivity index (χ0) is 25.8. The highest BCUT2D eigenvalue weighted by Gasteiger charge is 2.17. The topological polar surface area (TPSA) is 38.9 Å². The minimum atomic E-state index is 0.877. The maximum Gasteiger partial charge on any atom is 0.136 e. The van der Waals surface area contributed by atoms with Gasteiger partial charge >= 0.3 is 0 Å². The lowest BCUT2D eigenvalue weighted by Crippen LogP contribution is -1.89. The molecule has 0 aliphatic rings. The lowest BCUT2D eigenvalue weighted by molar-refractivity contribution is 0.669. The van der Waals surface area contributed by atoms with Crippen molar-refractivity contribution in [2.75, 3.05) is 0 Å². The molecule has 0 aliphatic heterocycles. The first kappa shape index (κ1) is 21.8. The first-order chi connectivity index (χ1) is 19.3. The van der Waals surface area contributed by atoms with Gasteiger partial charge in [-0.2, -0.15) is 0 Å². The summed E-state index contributed by atoms with van der Waals surface area (Å²) in [6, 6.07) is 42.5. The molecular weight excluding hydrogens is 476 g/mol. The van der Waals surface area contributed by atoms with Crippen LogP contribution in [0, 0.1) is 0 Å². The highest BCUT2D eigenvalue weighted by atomic mass is 16.3. The number of furan rings is 1. The van der Waals surface area contributed by atoms with Crippen LogP contribution in [0.15, 0.2) is 138 Å². The molecule has 3 aromatic heterocycles. The average Bonchev–Trinajstić information content (AvgIpc) is 3.39. The Balaban J connectivity index is 1.34. The molecule has 0 spiro atoms. The molecule has 8 rings (SSSR count). The van der Waals surface area contributed by atoms with Gasteiger partial charge in [0.15, 0.2) is 0 Å². The van der Waals surface area contributed by atoms with Crippen LogP contribution in [0.1, 0.15) is 0 Å². The molecule has 0 saturated carbocycles. The van der Waals surface area contributed by atoms with Crippen molar-refractivity contribution in [3.8, 4) is 33.4 Å². The summed E-state index contributed by atoms with van der Waals surface area (Å²) in [4.78, 5) is 9.36. The number of hydrogen-bond acceptors (Lipinski definition) is 3. The molecule has 3 nitrogen and oxygen atoms in total. The Hall–Kier alpha value is -5.28. The zero-order valence-corrected chi connectivity index (χ0v) is 21.0. The van der Waals surface area contributed by atoms with E-state index in [4.69, 9.17) is 9.40 Å². The van der Waals surface area contributed by atoms with Crippen LogP contribution in [0.3, 0.4) is 0 Å². The van der Waals surface area contributed by atoms with Crippen LogP contribution in [0.5, 0.6) is 0 Å². The Bertz CT molecular complexity index is 2160. The molecule has 0 bridgehead atoms. The van der Waals surface area contributed by atoms with Crippen molar-refractivity contribution in [2.24, 2.45) is 0 Å². The monoisotopic (exact) mass is 498 g/mol. The zero-order valence-electron chi connectivity index (χ0n) is 21.0. The largest absolute Gasteiger partial charge is 0.456 e. The maximum absolute atomic E-state index is 6.35. The van der Waals surface area contributed by atoms with Crippen molar-refractivity contribution < 1.29 is 4.42 Å². The average molecular weight is 499 g/mol. The van der Waals surface area contributed by atoms with E-state index < -0.39 is 0 Å². The predicted molar refractivity (Wildman–Crippen MR) is 161 cm³/mol. The Morgan fingerprint density at radius 2 is 1.15 bits per heavy atom. The number of benzene rings is 5. The first-order valence-electron chi connectivity index (χ1n) is 13.1. The molecule has 3 heteroatoms. The highest BCUT2D eigenvalue weighted by Crippen LogP contribution is 2.41. The summed E-state index contributed by atoms with van der Waals surface area (Å²) in [6.45, 7) is 0. The minimum absolute atomic E-state index is 0.877. The maximum atomic E-state index is 6.35.